The molecule has 94 valence electrons. The lowest BCUT2D eigenvalue weighted by Gasteiger charge is -2.07. The van der Waals surface area contributed by atoms with Crippen LogP contribution in [0.1, 0.15) is 10.4 Å². The fourth-order valence-electron chi connectivity index (χ4n) is 1.76. The second-order valence-corrected chi connectivity index (χ2v) is 3.83. The predicted octanol–water partition coefficient (Wildman–Crippen LogP) is 0.954. The van der Waals surface area contributed by atoms with Crippen molar-refractivity contribution in [3.63, 3.8) is 0 Å². The van der Waals surface area contributed by atoms with Crippen molar-refractivity contribution in [3.05, 3.63) is 29.8 Å². The van der Waals surface area contributed by atoms with E-state index < -0.39 is 5.91 Å². The Balaban J connectivity index is 2.58. The van der Waals surface area contributed by atoms with Gasteiger partial charge in [0.25, 0.3) is 5.91 Å². The number of ether oxygens (including phenoxy) is 1. The van der Waals surface area contributed by atoms with Crippen LogP contribution in [0.2, 0.25) is 0 Å². The number of hydrogen-bond acceptors (Lipinski definition) is 4. The molecule has 0 bridgehead atoms. The van der Waals surface area contributed by atoms with Gasteiger partial charge in [0.2, 0.25) is 0 Å². The van der Waals surface area contributed by atoms with Gasteiger partial charge in [0.15, 0.2) is 0 Å². The maximum absolute atomic E-state index is 11.2. The summed E-state index contributed by atoms with van der Waals surface area (Å²) in [5, 5.41) is 0. The molecule has 0 saturated heterocycles. The molecule has 6 nitrogen and oxygen atoms in total. The van der Waals surface area contributed by atoms with Crippen molar-refractivity contribution in [1.82, 2.24) is 4.98 Å². The van der Waals surface area contributed by atoms with Gasteiger partial charge in [-0.1, -0.05) is 0 Å². The van der Waals surface area contributed by atoms with Crippen LogP contribution in [0.3, 0.4) is 0 Å². The average molecular weight is 246 g/mol. The molecule has 0 fully saturated rings. The van der Waals surface area contributed by atoms with E-state index in [-0.39, 0.29) is 11.4 Å². The molecular weight excluding hydrogens is 232 g/mol. The Bertz CT molecular complexity index is 604. The van der Waals surface area contributed by atoms with E-state index >= 15 is 0 Å². The highest BCUT2D eigenvalue weighted by Gasteiger charge is 2.14. The molecule has 2 rings (SSSR count). The van der Waals surface area contributed by atoms with Gasteiger partial charge < -0.3 is 26.9 Å². The normalized spacial score (nSPS) is 10.3. The van der Waals surface area contributed by atoms with Crippen LogP contribution < -0.4 is 21.9 Å². The summed E-state index contributed by atoms with van der Waals surface area (Å²) in [4.78, 5) is 14.0. The van der Waals surface area contributed by atoms with E-state index in [1.54, 1.807) is 31.4 Å². The maximum Gasteiger partial charge on any atom is 0.252 e. The minimum Gasteiger partial charge on any atom is -0.496 e. The fourth-order valence-corrected chi connectivity index (χ4v) is 1.76. The SMILES string of the molecule is COc1ccc(N)cc1-c1cc(C(N)=O)c(N)[nH]1. The first-order chi connectivity index (χ1) is 8.52. The van der Waals surface area contributed by atoms with Crippen molar-refractivity contribution >= 4 is 17.4 Å². The van der Waals surface area contributed by atoms with Gasteiger partial charge in [-0.25, -0.2) is 0 Å². The number of methoxy groups -OCH3 is 1. The Morgan fingerprint density at radius 1 is 1.28 bits per heavy atom. The Hall–Kier alpha value is -2.63. The van der Waals surface area contributed by atoms with Crippen molar-refractivity contribution in [1.29, 1.82) is 0 Å². The lowest BCUT2D eigenvalue weighted by molar-refractivity contribution is 0.100. The molecular formula is C12H14N4O2. The first-order valence-corrected chi connectivity index (χ1v) is 5.25. The Labute approximate surface area is 104 Å². The van der Waals surface area contributed by atoms with Crippen LogP contribution in [0.15, 0.2) is 24.3 Å². The van der Waals surface area contributed by atoms with Gasteiger partial charge in [0.1, 0.15) is 11.6 Å². The Morgan fingerprint density at radius 2 is 2.00 bits per heavy atom. The van der Waals surface area contributed by atoms with Gasteiger partial charge in [-0.3, -0.25) is 4.79 Å². The minimum absolute atomic E-state index is 0.224. The van der Waals surface area contributed by atoms with Crippen LogP contribution in [0.5, 0.6) is 5.75 Å². The number of anilines is 2. The lowest BCUT2D eigenvalue weighted by atomic mass is 10.1. The highest BCUT2D eigenvalue weighted by Crippen LogP contribution is 2.32. The standard InChI is InChI=1S/C12H14N4O2/c1-18-10-3-2-6(13)4-7(10)9-5-8(12(15)17)11(14)16-9/h2-5,16H,13-14H2,1H3,(H2,15,17). The van der Waals surface area contributed by atoms with Crippen molar-refractivity contribution in [2.45, 2.75) is 0 Å². The molecule has 0 aliphatic carbocycles. The lowest BCUT2D eigenvalue weighted by Crippen LogP contribution is -2.11. The summed E-state index contributed by atoms with van der Waals surface area (Å²) in [6.07, 6.45) is 0. The summed E-state index contributed by atoms with van der Waals surface area (Å²) in [6.45, 7) is 0. The molecule has 0 atom stereocenters. The van der Waals surface area contributed by atoms with Crippen molar-refractivity contribution < 1.29 is 9.53 Å². The summed E-state index contributed by atoms with van der Waals surface area (Å²) < 4.78 is 5.23. The molecule has 0 aliphatic heterocycles. The molecule has 18 heavy (non-hydrogen) atoms. The average Bonchev–Trinajstić information content (AvgIpc) is 2.71. The van der Waals surface area contributed by atoms with E-state index in [0.29, 0.717) is 17.1 Å². The summed E-state index contributed by atoms with van der Waals surface area (Å²) in [6, 6.07) is 6.78. The number of carbonyl (C=O) groups is 1. The van der Waals surface area contributed by atoms with Crippen molar-refractivity contribution in [3.8, 4) is 17.0 Å². The number of benzene rings is 1. The summed E-state index contributed by atoms with van der Waals surface area (Å²) in [7, 11) is 1.55. The monoisotopic (exact) mass is 246 g/mol. The van der Waals surface area contributed by atoms with Gasteiger partial charge in [-0.2, -0.15) is 0 Å². The molecule has 1 amide bonds. The summed E-state index contributed by atoms with van der Waals surface area (Å²) in [5.74, 6) is 0.265. The third-order valence-electron chi connectivity index (χ3n) is 2.63. The number of nitrogens with two attached hydrogens (primary N) is 3. The first-order valence-electron chi connectivity index (χ1n) is 5.25. The zero-order valence-electron chi connectivity index (χ0n) is 9.86. The Morgan fingerprint density at radius 3 is 2.56 bits per heavy atom. The van der Waals surface area contributed by atoms with E-state index in [0.717, 1.165) is 5.56 Å². The zero-order chi connectivity index (χ0) is 13.3. The number of carbonyl (C=O) groups excluding carboxylic acids is 1. The molecule has 1 aromatic carbocycles. The summed E-state index contributed by atoms with van der Waals surface area (Å²) >= 11 is 0. The van der Waals surface area contributed by atoms with Crippen molar-refractivity contribution in [2.75, 3.05) is 18.6 Å². The topological polar surface area (TPSA) is 120 Å². The van der Waals surface area contributed by atoms with Gasteiger partial charge in [-0.15, -0.1) is 0 Å². The smallest absolute Gasteiger partial charge is 0.252 e. The van der Waals surface area contributed by atoms with Crippen molar-refractivity contribution in [2.24, 2.45) is 5.73 Å². The van der Waals surface area contributed by atoms with E-state index in [1.807, 2.05) is 0 Å². The van der Waals surface area contributed by atoms with Crippen LogP contribution in [-0.2, 0) is 0 Å². The molecule has 0 aliphatic rings. The number of nitrogens with one attached hydrogen (secondary N) is 1. The highest BCUT2D eigenvalue weighted by atomic mass is 16.5. The quantitative estimate of drug-likeness (QED) is 0.602. The van der Waals surface area contributed by atoms with Crippen LogP contribution in [-0.4, -0.2) is 18.0 Å². The molecule has 1 aromatic heterocycles. The van der Waals surface area contributed by atoms with Crippen LogP contribution >= 0.6 is 0 Å². The number of nitrogen functional groups attached to an aromatic ring is 2. The second-order valence-electron chi connectivity index (χ2n) is 3.83. The van der Waals surface area contributed by atoms with Crippen LogP contribution in [0.25, 0.3) is 11.3 Å². The molecule has 0 saturated carbocycles. The maximum atomic E-state index is 11.2. The third-order valence-corrected chi connectivity index (χ3v) is 2.63. The molecule has 0 radical (unpaired) electrons. The second kappa shape index (κ2) is 4.33. The highest BCUT2D eigenvalue weighted by molar-refractivity contribution is 5.99. The van der Waals surface area contributed by atoms with Gasteiger partial charge in [0, 0.05) is 11.3 Å². The van der Waals surface area contributed by atoms with Crippen LogP contribution in [0.4, 0.5) is 11.5 Å². The van der Waals surface area contributed by atoms with Gasteiger partial charge in [-0.05, 0) is 24.3 Å². The molecule has 1 heterocycles. The molecule has 0 spiro atoms. The van der Waals surface area contributed by atoms with E-state index in [2.05, 4.69) is 4.98 Å². The number of hydrogen-bond donors (Lipinski definition) is 4. The first kappa shape index (κ1) is 11.8. The number of H-pyrrole nitrogens is 1. The molecule has 6 heteroatoms. The Kier molecular flexibility index (Phi) is 2.85. The minimum atomic E-state index is -0.585. The number of aromatic nitrogens is 1. The number of amides is 1. The van der Waals surface area contributed by atoms with E-state index in [1.165, 1.54) is 0 Å². The molecule has 7 N–H and O–H groups in total. The van der Waals surface area contributed by atoms with Gasteiger partial charge >= 0.3 is 0 Å². The van der Waals surface area contributed by atoms with Gasteiger partial charge in [0.05, 0.1) is 18.4 Å². The third kappa shape index (κ3) is 1.95. The van der Waals surface area contributed by atoms with Crippen LogP contribution in [0, 0.1) is 0 Å². The van der Waals surface area contributed by atoms with E-state index in [9.17, 15) is 4.79 Å². The molecule has 0 unspecified atom stereocenters. The van der Waals surface area contributed by atoms with E-state index in [4.69, 9.17) is 21.9 Å². The molecule has 2 aromatic rings. The largest absolute Gasteiger partial charge is 0.496 e. The number of primary amides is 1. The zero-order valence-corrected chi connectivity index (χ0v) is 9.86. The predicted molar refractivity (Wildman–Crippen MR) is 70.1 cm³/mol. The number of rotatable bonds is 3. The summed E-state index contributed by atoms with van der Waals surface area (Å²) in [5.41, 5.74) is 18.8. The fraction of sp³-hybridized carbons (Fsp3) is 0.0833. The number of aromatic amines is 1.